The zero-order valence-corrected chi connectivity index (χ0v) is 16.9. The van der Waals surface area contributed by atoms with Crippen molar-refractivity contribution in [3.63, 3.8) is 0 Å². The molecule has 26 heavy (non-hydrogen) atoms. The molecule has 0 aromatic heterocycles. The van der Waals surface area contributed by atoms with E-state index in [1.165, 1.54) is 36.0 Å². The highest BCUT2D eigenvalue weighted by molar-refractivity contribution is 5.85. The molecule has 0 radical (unpaired) electrons. The number of hydrogen-bond donors (Lipinski definition) is 1. The zero-order valence-electron chi connectivity index (χ0n) is 16.1. The standard InChI is InChI=1S/C22H32N2O.ClH/c1-14-8-9-16(11-15(14)2)20-7-4-10-24(20)22(25)19-12-17-5-3-6-18(13-19)21(17)23;/h8-9,11,17-21H,3-7,10,12-13,23H2,1-2H3;1H. The fourth-order valence-corrected chi connectivity index (χ4v) is 5.57. The van der Waals surface area contributed by atoms with Crippen LogP contribution in [0.15, 0.2) is 18.2 Å². The molecule has 1 amide bonds. The number of hydrogen-bond acceptors (Lipinski definition) is 2. The average molecular weight is 377 g/mol. The van der Waals surface area contributed by atoms with Gasteiger partial charge in [0.25, 0.3) is 0 Å². The third kappa shape index (κ3) is 3.53. The van der Waals surface area contributed by atoms with Gasteiger partial charge in [-0.1, -0.05) is 24.6 Å². The van der Waals surface area contributed by atoms with E-state index in [-0.39, 0.29) is 24.4 Å². The predicted octanol–water partition coefficient (Wildman–Crippen LogP) is 4.54. The van der Waals surface area contributed by atoms with Gasteiger partial charge in [-0.05, 0) is 80.9 Å². The minimum absolute atomic E-state index is 0. The molecule has 0 spiro atoms. The molecule has 144 valence electrons. The van der Waals surface area contributed by atoms with E-state index in [0.717, 1.165) is 32.2 Å². The van der Waals surface area contributed by atoms with Crippen molar-refractivity contribution in [3.05, 3.63) is 34.9 Å². The van der Waals surface area contributed by atoms with Crippen molar-refractivity contribution >= 4 is 18.3 Å². The summed E-state index contributed by atoms with van der Waals surface area (Å²) in [5, 5.41) is 0. The van der Waals surface area contributed by atoms with Gasteiger partial charge in [0.2, 0.25) is 5.91 Å². The molecule has 2 aliphatic carbocycles. The Morgan fingerprint density at radius 2 is 1.73 bits per heavy atom. The first-order chi connectivity index (χ1) is 12.0. The Hall–Kier alpha value is -1.06. The normalized spacial score (nSPS) is 33.7. The fourth-order valence-electron chi connectivity index (χ4n) is 5.57. The van der Waals surface area contributed by atoms with E-state index in [2.05, 4.69) is 36.9 Å². The monoisotopic (exact) mass is 376 g/mol. The highest BCUT2D eigenvalue weighted by Gasteiger charge is 2.43. The summed E-state index contributed by atoms with van der Waals surface area (Å²) in [4.78, 5) is 15.6. The van der Waals surface area contributed by atoms with E-state index in [4.69, 9.17) is 5.73 Å². The molecule has 3 unspecified atom stereocenters. The van der Waals surface area contributed by atoms with Gasteiger partial charge in [-0.2, -0.15) is 0 Å². The molecular weight excluding hydrogens is 344 g/mol. The van der Waals surface area contributed by atoms with Crippen molar-refractivity contribution < 1.29 is 4.79 Å². The van der Waals surface area contributed by atoms with E-state index in [0.29, 0.717) is 23.8 Å². The Balaban J connectivity index is 0.00000196. The van der Waals surface area contributed by atoms with Crippen LogP contribution in [0.4, 0.5) is 0 Å². The SMILES string of the molecule is Cc1ccc(C2CCCN2C(=O)C2CC3CCCC(C2)C3N)cc1C.Cl. The van der Waals surface area contributed by atoms with E-state index >= 15 is 0 Å². The van der Waals surface area contributed by atoms with Gasteiger partial charge in [0.05, 0.1) is 6.04 Å². The topological polar surface area (TPSA) is 46.3 Å². The summed E-state index contributed by atoms with van der Waals surface area (Å²) >= 11 is 0. The van der Waals surface area contributed by atoms with Gasteiger partial charge in [-0.15, -0.1) is 12.4 Å². The lowest BCUT2D eigenvalue weighted by molar-refractivity contribution is -0.139. The van der Waals surface area contributed by atoms with Gasteiger partial charge in [0, 0.05) is 18.5 Å². The van der Waals surface area contributed by atoms with Gasteiger partial charge in [0.15, 0.2) is 0 Å². The molecular formula is C22H33ClN2O. The molecule has 2 N–H and O–H groups in total. The maximum Gasteiger partial charge on any atom is 0.226 e. The number of nitrogens with two attached hydrogens (primary N) is 1. The lowest BCUT2D eigenvalue weighted by Crippen LogP contribution is -2.49. The van der Waals surface area contributed by atoms with Crippen LogP contribution in [0.1, 0.15) is 67.7 Å². The van der Waals surface area contributed by atoms with Crippen LogP contribution in [-0.2, 0) is 4.79 Å². The highest BCUT2D eigenvalue weighted by atomic mass is 35.5. The second-order valence-electron chi connectivity index (χ2n) is 8.73. The van der Waals surface area contributed by atoms with Gasteiger partial charge < -0.3 is 10.6 Å². The summed E-state index contributed by atoms with van der Waals surface area (Å²) in [6, 6.07) is 7.34. The van der Waals surface area contributed by atoms with Crippen molar-refractivity contribution in [1.29, 1.82) is 0 Å². The first-order valence-electron chi connectivity index (χ1n) is 10.2. The molecule has 2 saturated carbocycles. The summed E-state index contributed by atoms with van der Waals surface area (Å²) in [6.07, 6.45) is 8.03. The molecule has 4 heteroatoms. The molecule has 3 atom stereocenters. The number of aryl methyl sites for hydroxylation is 2. The minimum atomic E-state index is 0. The van der Waals surface area contributed by atoms with Crippen molar-refractivity contribution in [2.75, 3.05) is 6.54 Å². The van der Waals surface area contributed by atoms with Crippen LogP contribution < -0.4 is 5.73 Å². The summed E-state index contributed by atoms with van der Waals surface area (Å²) in [5.41, 5.74) is 10.4. The maximum absolute atomic E-state index is 13.4. The Morgan fingerprint density at radius 1 is 1.04 bits per heavy atom. The third-order valence-electron chi connectivity index (χ3n) is 7.21. The smallest absolute Gasteiger partial charge is 0.226 e. The van der Waals surface area contributed by atoms with Gasteiger partial charge in [-0.25, -0.2) is 0 Å². The quantitative estimate of drug-likeness (QED) is 0.823. The summed E-state index contributed by atoms with van der Waals surface area (Å²) in [7, 11) is 0. The van der Waals surface area contributed by atoms with Crippen LogP contribution >= 0.6 is 12.4 Å². The number of nitrogens with zero attached hydrogens (tertiary/aromatic N) is 1. The lowest BCUT2D eigenvalue weighted by Gasteiger charge is -2.44. The van der Waals surface area contributed by atoms with Crippen LogP contribution in [0.5, 0.6) is 0 Å². The summed E-state index contributed by atoms with van der Waals surface area (Å²) < 4.78 is 0. The second-order valence-corrected chi connectivity index (χ2v) is 8.73. The van der Waals surface area contributed by atoms with Crippen LogP contribution in [0, 0.1) is 31.6 Å². The number of carbonyl (C=O) groups excluding carboxylic acids is 1. The van der Waals surface area contributed by atoms with Crippen molar-refractivity contribution in [2.24, 2.45) is 23.5 Å². The lowest BCUT2D eigenvalue weighted by atomic mass is 9.65. The number of amides is 1. The molecule has 3 aliphatic rings. The molecule has 1 aromatic rings. The van der Waals surface area contributed by atoms with Crippen LogP contribution in [0.3, 0.4) is 0 Å². The fraction of sp³-hybridized carbons (Fsp3) is 0.682. The zero-order chi connectivity index (χ0) is 17.6. The number of carbonyl (C=O) groups is 1. The Bertz CT molecular complexity index is 648. The van der Waals surface area contributed by atoms with Crippen molar-refractivity contribution in [2.45, 2.75) is 70.9 Å². The number of halogens is 1. The molecule has 4 rings (SSSR count). The predicted molar refractivity (Wildman–Crippen MR) is 108 cm³/mol. The summed E-state index contributed by atoms with van der Waals surface area (Å²) in [6.45, 7) is 5.25. The Morgan fingerprint density at radius 3 is 2.38 bits per heavy atom. The van der Waals surface area contributed by atoms with Crippen molar-refractivity contribution in [1.82, 2.24) is 4.90 Å². The Kier molecular flexibility index (Phi) is 5.98. The third-order valence-corrected chi connectivity index (χ3v) is 7.21. The summed E-state index contributed by atoms with van der Waals surface area (Å²) in [5.74, 6) is 1.76. The van der Waals surface area contributed by atoms with Gasteiger partial charge in [0.1, 0.15) is 0 Å². The molecule has 1 aliphatic heterocycles. The van der Waals surface area contributed by atoms with Crippen LogP contribution in [0.25, 0.3) is 0 Å². The molecule has 1 saturated heterocycles. The molecule has 3 nitrogen and oxygen atoms in total. The van der Waals surface area contributed by atoms with E-state index in [9.17, 15) is 4.79 Å². The van der Waals surface area contributed by atoms with E-state index in [1.807, 2.05) is 0 Å². The van der Waals surface area contributed by atoms with E-state index in [1.54, 1.807) is 0 Å². The van der Waals surface area contributed by atoms with E-state index < -0.39 is 0 Å². The van der Waals surface area contributed by atoms with Crippen LogP contribution in [0.2, 0.25) is 0 Å². The molecule has 3 fully saturated rings. The van der Waals surface area contributed by atoms with Crippen LogP contribution in [-0.4, -0.2) is 23.4 Å². The second kappa shape index (κ2) is 7.90. The maximum atomic E-state index is 13.4. The van der Waals surface area contributed by atoms with Gasteiger partial charge >= 0.3 is 0 Å². The molecule has 2 bridgehead atoms. The highest BCUT2D eigenvalue weighted by Crippen LogP contribution is 2.44. The first-order valence-corrected chi connectivity index (χ1v) is 10.2. The first kappa shape index (κ1) is 19.7. The minimum Gasteiger partial charge on any atom is -0.335 e. The molecule has 1 aromatic carbocycles. The number of rotatable bonds is 2. The van der Waals surface area contributed by atoms with Gasteiger partial charge in [-0.3, -0.25) is 4.79 Å². The number of likely N-dealkylation sites (tertiary alicyclic amines) is 1. The largest absolute Gasteiger partial charge is 0.335 e. The average Bonchev–Trinajstić information content (AvgIpc) is 3.06. The number of benzene rings is 1. The number of fused-ring (bicyclic) bond motifs is 2. The van der Waals surface area contributed by atoms with Crippen molar-refractivity contribution in [3.8, 4) is 0 Å². The molecule has 1 heterocycles. The Labute approximate surface area is 164 Å².